The number of nitrogens with zero attached hydrogens (tertiary/aromatic N) is 2. The molecule has 80 valence electrons. The molecule has 15 heavy (non-hydrogen) atoms. The Morgan fingerprint density at radius 2 is 2.00 bits per heavy atom. The molecule has 0 aliphatic heterocycles. The molecule has 0 aliphatic carbocycles. The lowest BCUT2D eigenvalue weighted by Gasteiger charge is -2.19. The van der Waals surface area contributed by atoms with Crippen molar-refractivity contribution in [3.05, 3.63) is 30.0 Å². The molecule has 2 rings (SSSR count). The molecule has 0 saturated heterocycles. The Morgan fingerprint density at radius 1 is 1.33 bits per heavy atom. The standard InChI is InChI=1S/C11H15N3O/c1-11(2,15-12)10-8-6-4-5-7-9(8)14(3)13-10/h4-7H,12H2,1-3H3. The van der Waals surface area contributed by atoms with Gasteiger partial charge in [0.15, 0.2) is 0 Å². The number of rotatable bonds is 2. The van der Waals surface area contributed by atoms with E-state index in [9.17, 15) is 0 Å². The van der Waals surface area contributed by atoms with E-state index < -0.39 is 5.60 Å². The van der Waals surface area contributed by atoms with Crippen LogP contribution >= 0.6 is 0 Å². The fraction of sp³-hybridized carbons (Fsp3) is 0.364. The summed E-state index contributed by atoms with van der Waals surface area (Å²) >= 11 is 0. The molecule has 0 atom stereocenters. The van der Waals surface area contributed by atoms with Crippen molar-refractivity contribution >= 4 is 10.9 Å². The van der Waals surface area contributed by atoms with Crippen molar-refractivity contribution in [3.63, 3.8) is 0 Å². The lowest BCUT2D eigenvalue weighted by atomic mass is 10.0. The van der Waals surface area contributed by atoms with Crippen LogP contribution in [0.25, 0.3) is 10.9 Å². The molecule has 0 unspecified atom stereocenters. The molecule has 0 spiro atoms. The van der Waals surface area contributed by atoms with Crippen LogP contribution in [0.1, 0.15) is 19.5 Å². The molecule has 1 aromatic heterocycles. The van der Waals surface area contributed by atoms with Crippen LogP contribution in [-0.4, -0.2) is 9.78 Å². The first-order valence-corrected chi connectivity index (χ1v) is 4.86. The Morgan fingerprint density at radius 3 is 2.67 bits per heavy atom. The maximum atomic E-state index is 5.29. The Hall–Kier alpha value is -1.39. The van der Waals surface area contributed by atoms with Gasteiger partial charge >= 0.3 is 0 Å². The van der Waals surface area contributed by atoms with Crippen LogP contribution in [-0.2, 0) is 17.5 Å². The highest BCUT2D eigenvalue weighted by molar-refractivity contribution is 5.82. The summed E-state index contributed by atoms with van der Waals surface area (Å²) < 4.78 is 1.84. The minimum absolute atomic E-state index is 0.569. The number of hydrogen-bond acceptors (Lipinski definition) is 3. The van der Waals surface area contributed by atoms with Gasteiger partial charge in [0.05, 0.1) is 5.52 Å². The summed E-state index contributed by atoms with van der Waals surface area (Å²) in [6, 6.07) is 8.03. The van der Waals surface area contributed by atoms with Gasteiger partial charge in [-0.05, 0) is 19.9 Å². The van der Waals surface area contributed by atoms with E-state index in [0.29, 0.717) is 0 Å². The number of aryl methyl sites for hydroxylation is 1. The van der Waals surface area contributed by atoms with E-state index >= 15 is 0 Å². The summed E-state index contributed by atoms with van der Waals surface area (Å²) in [7, 11) is 1.92. The smallest absolute Gasteiger partial charge is 0.128 e. The maximum Gasteiger partial charge on any atom is 0.128 e. The van der Waals surface area contributed by atoms with Crippen LogP contribution in [0.15, 0.2) is 24.3 Å². The van der Waals surface area contributed by atoms with Crippen LogP contribution in [0.3, 0.4) is 0 Å². The normalized spacial score (nSPS) is 12.3. The molecule has 4 heteroatoms. The fourth-order valence-electron chi connectivity index (χ4n) is 1.71. The summed E-state index contributed by atoms with van der Waals surface area (Å²) in [5.41, 5.74) is 1.38. The van der Waals surface area contributed by atoms with Crippen LogP contribution in [0, 0.1) is 0 Å². The lowest BCUT2D eigenvalue weighted by Crippen LogP contribution is -2.26. The van der Waals surface area contributed by atoms with Gasteiger partial charge in [0, 0.05) is 12.4 Å². The highest BCUT2D eigenvalue weighted by atomic mass is 16.6. The van der Waals surface area contributed by atoms with E-state index in [0.717, 1.165) is 16.6 Å². The minimum atomic E-state index is -0.569. The van der Waals surface area contributed by atoms with Crippen molar-refractivity contribution < 1.29 is 4.84 Å². The SMILES string of the molecule is Cn1nc(C(C)(C)ON)c2ccccc21. The first-order valence-electron chi connectivity index (χ1n) is 4.86. The lowest BCUT2D eigenvalue weighted by molar-refractivity contribution is -0.0261. The third-order valence-corrected chi connectivity index (χ3v) is 2.62. The quantitative estimate of drug-likeness (QED) is 0.759. The molecule has 4 nitrogen and oxygen atoms in total. The van der Waals surface area contributed by atoms with Crippen molar-refractivity contribution in [3.8, 4) is 0 Å². The van der Waals surface area contributed by atoms with Crippen LogP contribution in [0.5, 0.6) is 0 Å². The summed E-state index contributed by atoms with van der Waals surface area (Å²) in [6.07, 6.45) is 0. The summed E-state index contributed by atoms with van der Waals surface area (Å²) in [5, 5.41) is 5.52. The van der Waals surface area contributed by atoms with E-state index in [1.54, 1.807) is 0 Å². The number of para-hydroxylation sites is 1. The largest absolute Gasteiger partial charge is 0.292 e. The molecule has 0 radical (unpaired) electrons. The Labute approximate surface area is 88.6 Å². The predicted molar refractivity (Wildman–Crippen MR) is 59.0 cm³/mol. The number of aromatic nitrogens is 2. The van der Waals surface area contributed by atoms with Gasteiger partial charge in [-0.2, -0.15) is 5.10 Å². The van der Waals surface area contributed by atoms with Crippen molar-refractivity contribution in [1.82, 2.24) is 9.78 Å². The molecule has 1 heterocycles. The third-order valence-electron chi connectivity index (χ3n) is 2.62. The Balaban J connectivity index is 2.72. The molecule has 0 saturated carbocycles. The average molecular weight is 205 g/mol. The van der Waals surface area contributed by atoms with E-state index in [2.05, 4.69) is 5.10 Å². The van der Waals surface area contributed by atoms with Crippen molar-refractivity contribution in [1.29, 1.82) is 0 Å². The van der Waals surface area contributed by atoms with Gasteiger partial charge < -0.3 is 0 Å². The molecule has 0 aliphatic rings. The highest BCUT2D eigenvalue weighted by Gasteiger charge is 2.26. The van der Waals surface area contributed by atoms with Gasteiger partial charge in [-0.25, -0.2) is 5.90 Å². The molecular weight excluding hydrogens is 190 g/mol. The van der Waals surface area contributed by atoms with Crippen LogP contribution in [0.2, 0.25) is 0 Å². The monoisotopic (exact) mass is 205 g/mol. The van der Waals surface area contributed by atoms with Gasteiger partial charge in [-0.3, -0.25) is 9.52 Å². The molecule has 0 amide bonds. The zero-order chi connectivity index (χ0) is 11.1. The van der Waals surface area contributed by atoms with E-state index in [1.807, 2.05) is 49.8 Å². The maximum absolute atomic E-state index is 5.29. The van der Waals surface area contributed by atoms with Gasteiger partial charge in [0.25, 0.3) is 0 Å². The van der Waals surface area contributed by atoms with Gasteiger partial charge in [-0.1, -0.05) is 18.2 Å². The molecule has 1 aromatic carbocycles. The second-order valence-electron chi connectivity index (χ2n) is 4.12. The number of nitrogens with two attached hydrogens (primary N) is 1. The van der Waals surface area contributed by atoms with E-state index in [4.69, 9.17) is 10.7 Å². The van der Waals surface area contributed by atoms with Gasteiger partial charge in [-0.15, -0.1) is 0 Å². The fourth-order valence-corrected chi connectivity index (χ4v) is 1.71. The summed E-state index contributed by atoms with van der Waals surface area (Å²) in [5.74, 6) is 5.29. The topological polar surface area (TPSA) is 53.1 Å². The Bertz CT molecular complexity index is 488. The minimum Gasteiger partial charge on any atom is -0.292 e. The van der Waals surface area contributed by atoms with Crippen molar-refractivity contribution in [2.24, 2.45) is 12.9 Å². The summed E-state index contributed by atoms with van der Waals surface area (Å²) in [6.45, 7) is 3.81. The van der Waals surface area contributed by atoms with Gasteiger partial charge in [0.1, 0.15) is 11.3 Å². The predicted octanol–water partition coefficient (Wildman–Crippen LogP) is 1.70. The molecule has 0 bridgehead atoms. The first-order chi connectivity index (χ1) is 7.06. The van der Waals surface area contributed by atoms with Crippen molar-refractivity contribution in [2.75, 3.05) is 0 Å². The number of benzene rings is 1. The molecule has 2 N–H and O–H groups in total. The molecule has 2 aromatic rings. The number of hydrogen-bond donors (Lipinski definition) is 1. The number of fused-ring (bicyclic) bond motifs is 1. The average Bonchev–Trinajstić information content (AvgIpc) is 2.58. The third kappa shape index (κ3) is 1.52. The molecule has 0 fully saturated rings. The summed E-state index contributed by atoms with van der Waals surface area (Å²) in [4.78, 5) is 4.97. The second-order valence-corrected chi connectivity index (χ2v) is 4.12. The van der Waals surface area contributed by atoms with E-state index in [1.165, 1.54) is 0 Å². The first kappa shape index (κ1) is 10.1. The van der Waals surface area contributed by atoms with Crippen LogP contribution < -0.4 is 5.90 Å². The van der Waals surface area contributed by atoms with E-state index in [-0.39, 0.29) is 0 Å². The second kappa shape index (κ2) is 3.32. The van der Waals surface area contributed by atoms with Crippen LogP contribution in [0.4, 0.5) is 0 Å². The zero-order valence-corrected chi connectivity index (χ0v) is 9.19. The molecular formula is C11H15N3O. The zero-order valence-electron chi connectivity index (χ0n) is 9.19. The highest BCUT2D eigenvalue weighted by Crippen LogP contribution is 2.28. The van der Waals surface area contributed by atoms with Crippen molar-refractivity contribution in [2.45, 2.75) is 19.4 Å². The van der Waals surface area contributed by atoms with Gasteiger partial charge in [0.2, 0.25) is 0 Å². The Kier molecular flexibility index (Phi) is 2.25.